The average Bonchev–Trinajstić information content (AvgIpc) is 2.87. The minimum Gasteiger partial charge on any atom is -0.327 e. The van der Waals surface area contributed by atoms with Crippen molar-refractivity contribution in [1.82, 2.24) is 14.5 Å². The zero-order valence-corrected chi connectivity index (χ0v) is 12.3. The fourth-order valence-corrected chi connectivity index (χ4v) is 3.42. The van der Waals surface area contributed by atoms with Crippen LogP contribution in [-0.4, -0.2) is 14.5 Å². The van der Waals surface area contributed by atoms with Crippen molar-refractivity contribution in [3.8, 4) is 0 Å². The van der Waals surface area contributed by atoms with Crippen molar-refractivity contribution in [2.45, 2.75) is 58.0 Å². The van der Waals surface area contributed by atoms with E-state index in [0.29, 0.717) is 5.92 Å². The van der Waals surface area contributed by atoms with Crippen molar-refractivity contribution in [2.75, 3.05) is 0 Å². The topological polar surface area (TPSA) is 56.7 Å². The van der Waals surface area contributed by atoms with E-state index in [1.165, 1.54) is 37.6 Å². The molecule has 0 bridgehead atoms. The molecule has 108 valence electrons. The Labute approximate surface area is 120 Å². The maximum absolute atomic E-state index is 6.56. The molecule has 1 fully saturated rings. The molecule has 4 heteroatoms. The van der Waals surface area contributed by atoms with Gasteiger partial charge >= 0.3 is 0 Å². The Morgan fingerprint density at radius 1 is 1.35 bits per heavy atom. The van der Waals surface area contributed by atoms with Crippen LogP contribution in [0.15, 0.2) is 18.5 Å². The van der Waals surface area contributed by atoms with E-state index in [0.717, 1.165) is 24.3 Å². The van der Waals surface area contributed by atoms with Gasteiger partial charge in [0.2, 0.25) is 0 Å². The number of fused-ring (bicyclic) bond motifs is 1. The van der Waals surface area contributed by atoms with Gasteiger partial charge in [-0.2, -0.15) is 0 Å². The molecule has 2 aromatic heterocycles. The summed E-state index contributed by atoms with van der Waals surface area (Å²) in [5, 5.41) is 0. The summed E-state index contributed by atoms with van der Waals surface area (Å²) < 4.78 is 2.30. The molecule has 1 aliphatic rings. The van der Waals surface area contributed by atoms with Crippen LogP contribution in [0.3, 0.4) is 0 Å². The highest BCUT2D eigenvalue weighted by Gasteiger charge is 2.26. The Morgan fingerprint density at radius 2 is 2.15 bits per heavy atom. The minimum atomic E-state index is 0.0641. The van der Waals surface area contributed by atoms with Crippen molar-refractivity contribution < 1.29 is 0 Å². The molecule has 0 radical (unpaired) electrons. The van der Waals surface area contributed by atoms with Crippen molar-refractivity contribution in [1.29, 1.82) is 0 Å². The lowest BCUT2D eigenvalue weighted by molar-refractivity contribution is 0.296. The predicted octanol–water partition coefficient (Wildman–Crippen LogP) is 3.42. The smallest absolute Gasteiger partial charge is 0.127 e. The van der Waals surface area contributed by atoms with Crippen LogP contribution in [-0.2, 0) is 6.54 Å². The number of aryl methyl sites for hydroxylation is 1. The molecule has 0 spiro atoms. The number of hydrogen-bond acceptors (Lipinski definition) is 3. The van der Waals surface area contributed by atoms with Gasteiger partial charge in [0, 0.05) is 12.7 Å². The third kappa shape index (κ3) is 2.44. The Bertz CT molecular complexity index is 569. The third-order valence-corrected chi connectivity index (χ3v) is 4.48. The highest BCUT2D eigenvalue weighted by Crippen LogP contribution is 2.33. The Hall–Kier alpha value is -1.42. The Kier molecular flexibility index (Phi) is 4.01. The van der Waals surface area contributed by atoms with Crippen molar-refractivity contribution in [3.63, 3.8) is 0 Å². The van der Waals surface area contributed by atoms with Crippen LogP contribution in [0.1, 0.15) is 57.3 Å². The summed E-state index contributed by atoms with van der Waals surface area (Å²) in [5.74, 6) is 1.64. The lowest BCUT2D eigenvalue weighted by Crippen LogP contribution is -2.26. The van der Waals surface area contributed by atoms with Crippen molar-refractivity contribution >= 4 is 11.0 Å². The average molecular weight is 272 g/mol. The number of aromatic nitrogens is 3. The van der Waals surface area contributed by atoms with Gasteiger partial charge in [0.05, 0.1) is 17.8 Å². The second-order valence-corrected chi connectivity index (χ2v) is 5.91. The number of nitrogens with zero attached hydrogens (tertiary/aromatic N) is 3. The van der Waals surface area contributed by atoms with E-state index in [4.69, 9.17) is 10.7 Å². The fraction of sp³-hybridized carbons (Fsp3) is 0.625. The van der Waals surface area contributed by atoms with E-state index in [1.807, 2.05) is 12.4 Å². The first kappa shape index (κ1) is 13.6. The van der Waals surface area contributed by atoms with E-state index in [-0.39, 0.29) is 6.04 Å². The van der Waals surface area contributed by atoms with Gasteiger partial charge in [-0.05, 0) is 31.2 Å². The predicted molar refractivity (Wildman–Crippen MR) is 81.3 cm³/mol. The van der Waals surface area contributed by atoms with Crippen LogP contribution in [0.5, 0.6) is 0 Å². The highest BCUT2D eigenvalue weighted by atomic mass is 15.1. The summed E-state index contributed by atoms with van der Waals surface area (Å²) in [7, 11) is 0. The van der Waals surface area contributed by atoms with Gasteiger partial charge < -0.3 is 10.3 Å². The van der Waals surface area contributed by atoms with Crippen LogP contribution in [0.25, 0.3) is 11.0 Å². The van der Waals surface area contributed by atoms with E-state index in [1.54, 1.807) is 0 Å². The molecule has 4 nitrogen and oxygen atoms in total. The van der Waals surface area contributed by atoms with Crippen LogP contribution >= 0.6 is 0 Å². The third-order valence-electron chi connectivity index (χ3n) is 4.48. The number of nitrogens with two attached hydrogens (primary N) is 1. The van der Waals surface area contributed by atoms with E-state index >= 15 is 0 Å². The van der Waals surface area contributed by atoms with Gasteiger partial charge in [-0.1, -0.05) is 26.2 Å². The molecular weight excluding hydrogens is 248 g/mol. The molecule has 2 N–H and O–H groups in total. The first-order chi connectivity index (χ1) is 9.81. The molecule has 20 heavy (non-hydrogen) atoms. The quantitative estimate of drug-likeness (QED) is 0.927. The van der Waals surface area contributed by atoms with Crippen LogP contribution in [0, 0.1) is 5.92 Å². The van der Waals surface area contributed by atoms with Gasteiger partial charge in [-0.25, -0.2) is 4.98 Å². The van der Waals surface area contributed by atoms with Crippen molar-refractivity contribution in [2.24, 2.45) is 11.7 Å². The second kappa shape index (κ2) is 5.92. The van der Waals surface area contributed by atoms with E-state index in [9.17, 15) is 0 Å². The summed E-state index contributed by atoms with van der Waals surface area (Å²) in [6, 6.07) is 2.11. The SMILES string of the molecule is CCCn1c(C(N)C2CCCCC2)nc2cnccc21. The molecule has 1 saturated carbocycles. The van der Waals surface area contributed by atoms with Gasteiger partial charge in [0.25, 0.3) is 0 Å². The minimum absolute atomic E-state index is 0.0641. The monoisotopic (exact) mass is 272 g/mol. The summed E-state index contributed by atoms with van der Waals surface area (Å²) in [6.45, 7) is 3.18. The number of pyridine rings is 1. The molecule has 0 amide bonds. The van der Waals surface area contributed by atoms with Crippen molar-refractivity contribution in [3.05, 3.63) is 24.3 Å². The lowest BCUT2D eigenvalue weighted by Gasteiger charge is -2.27. The zero-order chi connectivity index (χ0) is 13.9. The normalized spacial score (nSPS) is 18.5. The molecule has 1 unspecified atom stereocenters. The van der Waals surface area contributed by atoms with Crippen LogP contribution in [0.4, 0.5) is 0 Å². The maximum Gasteiger partial charge on any atom is 0.127 e. The molecule has 0 aromatic carbocycles. The van der Waals surface area contributed by atoms with Gasteiger partial charge in [-0.3, -0.25) is 4.98 Å². The number of hydrogen-bond donors (Lipinski definition) is 1. The molecule has 1 atom stereocenters. The molecular formula is C16H24N4. The Morgan fingerprint density at radius 3 is 2.90 bits per heavy atom. The summed E-state index contributed by atoms with van der Waals surface area (Å²) in [5.41, 5.74) is 8.70. The number of rotatable bonds is 4. The van der Waals surface area contributed by atoms with Gasteiger partial charge in [0.15, 0.2) is 0 Å². The first-order valence-corrected chi connectivity index (χ1v) is 7.87. The standard InChI is InChI=1S/C16H24N4/c1-2-10-20-14-8-9-18-11-13(14)19-16(20)15(17)12-6-4-3-5-7-12/h8-9,11-12,15H,2-7,10,17H2,1H3. The van der Waals surface area contributed by atoms with Crippen LogP contribution < -0.4 is 5.73 Å². The molecule has 0 saturated heterocycles. The molecule has 0 aliphatic heterocycles. The van der Waals surface area contributed by atoms with Crippen LogP contribution in [0.2, 0.25) is 0 Å². The van der Waals surface area contributed by atoms with Gasteiger partial charge in [0.1, 0.15) is 11.3 Å². The fourth-order valence-electron chi connectivity index (χ4n) is 3.42. The largest absolute Gasteiger partial charge is 0.327 e. The summed E-state index contributed by atoms with van der Waals surface area (Å²) in [6.07, 6.45) is 11.3. The zero-order valence-electron chi connectivity index (χ0n) is 12.3. The molecule has 2 aromatic rings. The second-order valence-electron chi connectivity index (χ2n) is 5.91. The number of imidazole rings is 1. The lowest BCUT2D eigenvalue weighted by atomic mass is 9.84. The summed E-state index contributed by atoms with van der Waals surface area (Å²) >= 11 is 0. The Balaban J connectivity index is 1.98. The molecule has 1 aliphatic carbocycles. The van der Waals surface area contributed by atoms with E-state index < -0.39 is 0 Å². The summed E-state index contributed by atoms with van der Waals surface area (Å²) in [4.78, 5) is 8.96. The first-order valence-electron chi connectivity index (χ1n) is 7.87. The van der Waals surface area contributed by atoms with Gasteiger partial charge in [-0.15, -0.1) is 0 Å². The highest BCUT2D eigenvalue weighted by molar-refractivity contribution is 5.74. The molecule has 2 heterocycles. The van der Waals surface area contributed by atoms with E-state index in [2.05, 4.69) is 22.5 Å². The molecule has 3 rings (SSSR count). The maximum atomic E-state index is 6.56.